The third-order valence-corrected chi connectivity index (χ3v) is 5.41. The topological polar surface area (TPSA) is 58.6 Å². The average Bonchev–Trinajstić information content (AvgIpc) is 3.02. The number of hydrogen-bond acceptors (Lipinski definition) is 4. The number of esters is 1. The van der Waals surface area contributed by atoms with E-state index < -0.39 is 5.97 Å². The van der Waals surface area contributed by atoms with E-state index in [1.54, 1.807) is 12.1 Å². The fraction of sp³-hybridized carbons (Fsp3) is 0.333. The minimum Gasteiger partial charge on any atom is -0.465 e. The molecule has 1 fully saturated rings. The predicted octanol–water partition coefficient (Wildman–Crippen LogP) is 2.43. The van der Waals surface area contributed by atoms with Gasteiger partial charge in [0.05, 0.1) is 12.7 Å². The summed E-state index contributed by atoms with van der Waals surface area (Å²) in [4.78, 5) is 26.8. The molecule has 26 heavy (non-hydrogen) atoms. The zero-order valence-electron chi connectivity index (χ0n) is 14.8. The molecule has 1 saturated heterocycles. The Labute approximate surface area is 153 Å². The van der Waals surface area contributed by atoms with Crippen molar-refractivity contribution in [1.82, 2.24) is 10.2 Å². The van der Waals surface area contributed by atoms with E-state index in [-0.39, 0.29) is 5.91 Å². The van der Waals surface area contributed by atoms with Crippen LogP contribution in [0.15, 0.2) is 48.5 Å². The lowest BCUT2D eigenvalue weighted by Gasteiger charge is -2.18. The molecule has 134 valence electrons. The van der Waals surface area contributed by atoms with Gasteiger partial charge in [-0.05, 0) is 29.2 Å². The molecule has 2 aliphatic heterocycles. The van der Waals surface area contributed by atoms with Gasteiger partial charge in [0.25, 0.3) is 5.91 Å². The first-order chi connectivity index (χ1) is 12.7. The number of carbonyl (C=O) groups excluding carboxylic acids is 2. The van der Waals surface area contributed by atoms with Crippen LogP contribution in [0.2, 0.25) is 0 Å². The monoisotopic (exact) mass is 350 g/mol. The summed E-state index contributed by atoms with van der Waals surface area (Å²) >= 11 is 0. The van der Waals surface area contributed by atoms with Crippen LogP contribution in [-0.2, 0) is 11.3 Å². The van der Waals surface area contributed by atoms with E-state index in [2.05, 4.69) is 34.5 Å². The second-order valence-electron chi connectivity index (χ2n) is 7.05. The number of ether oxygens (including phenoxy) is 1. The molecule has 4 rings (SSSR count). The minimum atomic E-state index is -0.418. The van der Waals surface area contributed by atoms with Gasteiger partial charge in [-0.25, -0.2) is 4.79 Å². The first kappa shape index (κ1) is 16.8. The third kappa shape index (κ3) is 3.10. The van der Waals surface area contributed by atoms with Gasteiger partial charge in [-0.1, -0.05) is 36.4 Å². The molecule has 0 radical (unpaired) electrons. The summed E-state index contributed by atoms with van der Waals surface area (Å²) in [5, 5.41) is 3.02. The van der Waals surface area contributed by atoms with Crippen LogP contribution in [-0.4, -0.2) is 43.5 Å². The smallest absolute Gasteiger partial charge is 0.337 e. The van der Waals surface area contributed by atoms with Crippen LogP contribution in [0.1, 0.15) is 37.8 Å². The number of carbonyl (C=O) groups is 2. The molecule has 2 aromatic carbocycles. The molecular weight excluding hydrogens is 328 g/mol. The highest BCUT2D eigenvalue weighted by molar-refractivity contribution is 5.99. The van der Waals surface area contributed by atoms with Gasteiger partial charge in [0.1, 0.15) is 0 Å². The van der Waals surface area contributed by atoms with E-state index in [0.29, 0.717) is 29.5 Å². The van der Waals surface area contributed by atoms with E-state index in [1.165, 1.54) is 12.7 Å². The van der Waals surface area contributed by atoms with Crippen molar-refractivity contribution >= 4 is 11.9 Å². The summed E-state index contributed by atoms with van der Waals surface area (Å²) in [5.41, 5.74) is 3.35. The van der Waals surface area contributed by atoms with Gasteiger partial charge in [0.2, 0.25) is 0 Å². The molecule has 5 nitrogen and oxygen atoms in total. The van der Waals surface area contributed by atoms with Crippen molar-refractivity contribution in [3.8, 4) is 0 Å². The van der Waals surface area contributed by atoms with Gasteiger partial charge in [-0.15, -0.1) is 0 Å². The Morgan fingerprint density at radius 3 is 2.77 bits per heavy atom. The van der Waals surface area contributed by atoms with Crippen molar-refractivity contribution in [3.63, 3.8) is 0 Å². The Hall–Kier alpha value is -2.66. The Bertz CT molecular complexity index is 834. The molecule has 0 saturated carbocycles. The minimum absolute atomic E-state index is 0.102. The molecule has 1 N–H and O–H groups in total. The number of fused-ring (bicyclic) bond motifs is 3. The predicted molar refractivity (Wildman–Crippen MR) is 98.1 cm³/mol. The molecule has 0 spiro atoms. The standard InChI is InChI=1S/C21H22N2O3/c1-26-21(25)15-7-8-17-18(9-15)20(24)22-10-16-12-23(13-19(16)17)11-14-5-3-2-4-6-14/h2-9,16,19H,10-13H2,1H3,(H,22,24). The second-order valence-corrected chi connectivity index (χ2v) is 7.05. The van der Waals surface area contributed by atoms with E-state index in [0.717, 1.165) is 25.2 Å². The number of benzene rings is 2. The first-order valence-electron chi connectivity index (χ1n) is 8.92. The number of methoxy groups -OCH3 is 1. The number of amides is 1. The first-order valence-corrected chi connectivity index (χ1v) is 8.92. The van der Waals surface area contributed by atoms with Crippen molar-refractivity contribution in [2.75, 3.05) is 26.7 Å². The van der Waals surface area contributed by atoms with E-state index in [9.17, 15) is 9.59 Å². The van der Waals surface area contributed by atoms with E-state index >= 15 is 0 Å². The number of rotatable bonds is 3. The van der Waals surface area contributed by atoms with E-state index in [4.69, 9.17) is 4.74 Å². The lowest BCUT2D eigenvalue weighted by atomic mass is 9.86. The van der Waals surface area contributed by atoms with Gasteiger partial charge >= 0.3 is 5.97 Å². The molecule has 0 bridgehead atoms. The van der Waals surface area contributed by atoms with Gasteiger partial charge in [-0.3, -0.25) is 9.69 Å². The molecule has 1 amide bonds. The van der Waals surface area contributed by atoms with Gasteiger partial charge in [0, 0.05) is 37.7 Å². The fourth-order valence-electron chi connectivity index (χ4n) is 4.13. The normalized spacial score (nSPS) is 22.1. The number of nitrogens with one attached hydrogen (secondary N) is 1. The summed E-state index contributed by atoms with van der Waals surface area (Å²) < 4.78 is 4.78. The van der Waals surface area contributed by atoms with Gasteiger partial charge in [0.15, 0.2) is 0 Å². The fourth-order valence-corrected chi connectivity index (χ4v) is 4.13. The zero-order chi connectivity index (χ0) is 18.1. The average molecular weight is 350 g/mol. The summed E-state index contributed by atoms with van der Waals surface area (Å²) in [7, 11) is 1.35. The molecule has 2 heterocycles. The highest BCUT2D eigenvalue weighted by Crippen LogP contribution is 2.37. The highest BCUT2D eigenvalue weighted by Gasteiger charge is 2.38. The largest absolute Gasteiger partial charge is 0.465 e. The van der Waals surface area contributed by atoms with Crippen LogP contribution >= 0.6 is 0 Å². The maximum absolute atomic E-state index is 12.5. The SMILES string of the molecule is COC(=O)c1ccc2c(c1)C(=O)NCC1CN(Cc3ccccc3)CC21. The van der Waals surface area contributed by atoms with Gasteiger partial charge in [-0.2, -0.15) is 0 Å². The summed E-state index contributed by atoms with van der Waals surface area (Å²) in [6, 6.07) is 15.8. The van der Waals surface area contributed by atoms with Crippen LogP contribution in [0.4, 0.5) is 0 Å². The van der Waals surface area contributed by atoms with Crippen LogP contribution in [0.3, 0.4) is 0 Å². The zero-order valence-corrected chi connectivity index (χ0v) is 14.8. The van der Waals surface area contributed by atoms with Crippen molar-refractivity contribution in [2.45, 2.75) is 12.5 Å². The molecular formula is C21H22N2O3. The van der Waals surface area contributed by atoms with Crippen LogP contribution < -0.4 is 5.32 Å². The number of nitrogens with zero attached hydrogens (tertiary/aromatic N) is 1. The lowest BCUT2D eigenvalue weighted by molar-refractivity contribution is 0.0600. The third-order valence-electron chi connectivity index (χ3n) is 5.41. The summed E-state index contributed by atoms with van der Waals surface area (Å²) in [6.07, 6.45) is 0. The summed E-state index contributed by atoms with van der Waals surface area (Å²) in [6.45, 7) is 3.45. The van der Waals surface area contributed by atoms with Crippen LogP contribution in [0.25, 0.3) is 0 Å². The molecule has 5 heteroatoms. The number of hydrogen-bond donors (Lipinski definition) is 1. The van der Waals surface area contributed by atoms with E-state index in [1.807, 2.05) is 12.1 Å². The molecule has 2 aliphatic rings. The van der Waals surface area contributed by atoms with Crippen LogP contribution in [0.5, 0.6) is 0 Å². The molecule has 2 atom stereocenters. The Kier molecular flexibility index (Phi) is 4.47. The van der Waals surface area contributed by atoms with Crippen molar-refractivity contribution in [1.29, 1.82) is 0 Å². The Morgan fingerprint density at radius 2 is 2.00 bits per heavy atom. The van der Waals surface area contributed by atoms with Crippen molar-refractivity contribution in [3.05, 3.63) is 70.8 Å². The molecule has 2 unspecified atom stereocenters. The maximum atomic E-state index is 12.5. The quantitative estimate of drug-likeness (QED) is 0.864. The lowest BCUT2D eigenvalue weighted by Crippen LogP contribution is -2.29. The maximum Gasteiger partial charge on any atom is 0.337 e. The van der Waals surface area contributed by atoms with Crippen molar-refractivity contribution in [2.24, 2.45) is 5.92 Å². The molecule has 0 aromatic heterocycles. The Balaban J connectivity index is 1.61. The molecule has 0 aliphatic carbocycles. The Morgan fingerprint density at radius 1 is 1.19 bits per heavy atom. The highest BCUT2D eigenvalue weighted by atomic mass is 16.5. The molecule has 2 aromatic rings. The van der Waals surface area contributed by atoms with Crippen molar-refractivity contribution < 1.29 is 14.3 Å². The summed E-state index contributed by atoms with van der Waals surface area (Å²) in [5.74, 6) is 0.153. The number of likely N-dealkylation sites (tertiary alicyclic amines) is 1. The second kappa shape index (κ2) is 6.92. The van der Waals surface area contributed by atoms with Gasteiger partial charge < -0.3 is 10.1 Å². The van der Waals surface area contributed by atoms with Crippen LogP contribution in [0, 0.1) is 5.92 Å².